The van der Waals surface area contributed by atoms with Crippen LogP contribution in [-0.4, -0.2) is 65.3 Å². The van der Waals surface area contributed by atoms with Gasteiger partial charge in [0.05, 0.1) is 42.1 Å². The fourth-order valence-corrected chi connectivity index (χ4v) is 6.07. The highest BCUT2D eigenvalue weighted by molar-refractivity contribution is 9.12. The third kappa shape index (κ3) is 8.85. The summed E-state index contributed by atoms with van der Waals surface area (Å²) < 4.78 is 28.6. The van der Waals surface area contributed by atoms with Crippen LogP contribution < -0.4 is 9.64 Å². The lowest BCUT2D eigenvalue weighted by Crippen LogP contribution is -2.42. The minimum Gasteiger partial charge on any atom is -0.463 e. The monoisotopic (exact) mass is 650 g/mol. The van der Waals surface area contributed by atoms with Crippen molar-refractivity contribution >= 4 is 38.9 Å². The van der Waals surface area contributed by atoms with E-state index in [4.69, 9.17) is 19.5 Å². The van der Waals surface area contributed by atoms with Gasteiger partial charge in [-0.25, -0.2) is 4.39 Å². The molecule has 2 unspecified atom stereocenters. The number of anilines is 1. The molecule has 1 aliphatic heterocycles. The normalized spacial score (nSPS) is 23.6. The lowest BCUT2D eigenvalue weighted by atomic mass is 9.81. The summed E-state index contributed by atoms with van der Waals surface area (Å²) in [5.41, 5.74) is 0.934. The van der Waals surface area contributed by atoms with Crippen LogP contribution in [0.25, 0.3) is 11.4 Å². The van der Waals surface area contributed by atoms with Crippen LogP contribution in [0, 0.1) is 5.41 Å². The molecule has 0 aromatic carbocycles. The molecule has 3 rings (SSSR count). The van der Waals surface area contributed by atoms with E-state index in [1.54, 1.807) is 6.92 Å². The number of hydrogen-bond acceptors (Lipinski definition) is 7. The van der Waals surface area contributed by atoms with Gasteiger partial charge in [0.1, 0.15) is 17.1 Å². The number of nitrogens with zero attached hydrogens (tertiary/aromatic N) is 4. The fraction of sp³-hybridized carbons (Fsp3) is 0.727. The van der Waals surface area contributed by atoms with E-state index in [9.17, 15) is 5.11 Å². The van der Waals surface area contributed by atoms with Crippen LogP contribution in [0.15, 0.2) is 15.6 Å². The molecule has 42 heavy (non-hydrogen) atoms. The predicted molar refractivity (Wildman–Crippen MR) is 175 cm³/mol. The first kappa shape index (κ1) is 34.6. The molecule has 0 radical (unpaired) electrons. The first-order valence-electron chi connectivity index (χ1n) is 15.9. The molecule has 1 N–H and O–H groups in total. The molecule has 3 atom stereocenters. The van der Waals surface area contributed by atoms with E-state index in [1.165, 1.54) is 19.3 Å². The molecular formula is C33H52BrFN4O3. The zero-order valence-corrected chi connectivity index (χ0v) is 28.4. The summed E-state index contributed by atoms with van der Waals surface area (Å²) in [4.78, 5) is 16.4. The average Bonchev–Trinajstić information content (AvgIpc) is 3.16. The zero-order valence-electron chi connectivity index (χ0n) is 26.9. The molecule has 1 saturated heterocycles. The molecule has 0 saturated carbocycles. The maximum absolute atomic E-state index is 16.2. The van der Waals surface area contributed by atoms with Gasteiger partial charge in [-0.2, -0.15) is 9.97 Å². The Morgan fingerprint density at radius 3 is 2.57 bits per heavy atom. The van der Waals surface area contributed by atoms with E-state index in [0.29, 0.717) is 36.9 Å². The van der Waals surface area contributed by atoms with E-state index >= 15 is 4.39 Å². The highest BCUT2D eigenvalue weighted by atomic mass is 79.9. The minimum absolute atomic E-state index is 0.00858. The number of halogens is 2. The van der Waals surface area contributed by atoms with E-state index < -0.39 is 11.4 Å². The first-order chi connectivity index (χ1) is 20.0. The zero-order chi connectivity index (χ0) is 30.9. The summed E-state index contributed by atoms with van der Waals surface area (Å²) in [6.45, 7) is 16.3. The quantitative estimate of drug-likeness (QED) is 0.204. The van der Waals surface area contributed by atoms with E-state index in [1.807, 2.05) is 24.8 Å². The molecule has 2 heterocycles. The standard InChI is InChI=1S/C33H52BrFN4O3/c1-8-12-14-15-17-32(6,16-13-9-2)21-42-31-37-29-25(30(38-31)39-18-19-41-22-33(7,40)20-39)24(11-4)28(26(34)27(29)35)36-23(5)10-3/h11,23,40H,8-10,12-22H2,1-7H3/b24-11-,36-28?/t23?,32?,33-/m1/s1. The molecule has 0 bridgehead atoms. The maximum atomic E-state index is 16.2. The largest absolute Gasteiger partial charge is 0.463 e. The molecule has 1 aliphatic carbocycles. The molecule has 1 fully saturated rings. The van der Waals surface area contributed by atoms with Gasteiger partial charge < -0.3 is 19.5 Å². The molecule has 1 aromatic rings. The Labute approximate surface area is 261 Å². The van der Waals surface area contributed by atoms with Crippen LogP contribution in [0.2, 0.25) is 0 Å². The van der Waals surface area contributed by atoms with Crippen molar-refractivity contribution in [3.63, 3.8) is 0 Å². The van der Waals surface area contributed by atoms with E-state index in [-0.39, 0.29) is 40.8 Å². The predicted octanol–water partition coefficient (Wildman–Crippen LogP) is 8.30. The van der Waals surface area contributed by atoms with Gasteiger partial charge >= 0.3 is 6.01 Å². The molecule has 0 spiro atoms. The van der Waals surface area contributed by atoms with Crippen molar-refractivity contribution in [3.05, 3.63) is 21.8 Å². The number of allylic oxidation sites excluding steroid dienone is 3. The SMILES string of the molecule is C/C=C1\C(=NC(C)CC)C(Br)=C(F)c2nc(OCC(C)(CCCC)CCCCCC)nc(N3CCOC[C@](C)(O)C3)c21. The number of aliphatic hydroxyl groups is 1. The Hall–Kier alpha value is -1.84. The summed E-state index contributed by atoms with van der Waals surface area (Å²) in [6.07, 6.45) is 11.9. The number of β-amino-alcohol motifs (C(OH)–C–C–N with tert-alkyl or cyclic N) is 1. The lowest BCUT2D eigenvalue weighted by Gasteiger charge is -2.33. The second kappa shape index (κ2) is 15.8. The maximum Gasteiger partial charge on any atom is 0.319 e. The summed E-state index contributed by atoms with van der Waals surface area (Å²) in [5.74, 6) is 0.0383. The van der Waals surface area contributed by atoms with Crippen LogP contribution in [-0.2, 0) is 4.74 Å². The van der Waals surface area contributed by atoms with Gasteiger partial charge in [-0.3, -0.25) is 4.99 Å². The van der Waals surface area contributed by atoms with Gasteiger partial charge in [0.15, 0.2) is 5.83 Å². The second-order valence-corrected chi connectivity index (χ2v) is 13.4. The number of aromatic nitrogens is 2. The number of unbranched alkanes of at least 4 members (excludes halogenated alkanes) is 4. The third-order valence-corrected chi connectivity index (χ3v) is 9.02. The summed E-state index contributed by atoms with van der Waals surface area (Å²) >= 11 is 3.50. The van der Waals surface area contributed by atoms with Crippen LogP contribution in [0.5, 0.6) is 6.01 Å². The molecule has 1 aromatic heterocycles. The molecule has 0 amide bonds. The van der Waals surface area contributed by atoms with E-state index in [0.717, 1.165) is 44.1 Å². The Bertz CT molecular complexity index is 1150. The van der Waals surface area contributed by atoms with E-state index in [2.05, 4.69) is 48.6 Å². The Balaban J connectivity index is 2.10. The van der Waals surface area contributed by atoms with Crippen LogP contribution in [0.3, 0.4) is 0 Å². The van der Waals surface area contributed by atoms with Gasteiger partial charge in [0, 0.05) is 23.6 Å². The summed E-state index contributed by atoms with van der Waals surface area (Å²) in [6, 6.07) is 0.160. The third-order valence-electron chi connectivity index (χ3n) is 8.30. The number of rotatable bonds is 14. The van der Waals surface area contributed by atoms with Crippen molar-refractivity contribution in [2.24, 2.45) is 10.4 Å². The molecule has 9 heteroatoms. The second-order valence-electron chi connectivity index (χ2n) is 12.6. The van der Waals surface area contributed by atoms with Gasteiger partial charge in [0.25, 0.3) is 0 Å². The number of fused-ring (bicyclic) bond motifs is 1. The van der Waals surface area contributed by atoms with Crippen LogP contribution in [0.4, 0.5) is 10.2 Å². The highest BCUT2D eigenvalue weighted by Crippen LogP contribution is 2.44. The summed E-state index contributed by atoms with van der Waals surface area (Å²) in [7, 11) is 0. The van der Waals surface area contributed by atoms with Gasteiger partial charge in [-0.05, 0) is 56.0 Å². The minimum atomic E-state index is -1.10. The van der Waals surface area contributed by atoms with Crippen molar-refractivity contribution in [2.75, 3.05) is 37.8 Å². The first-order valence-corrected chi connectivity index (χ1v) is 16.7. The number of ether oxygens (including phenoxy) is 2. The van der Waals surface area contributed by atoms with Crippen molar-refractivity contribution in [1.29, 1.82) is 0 Å². The molecule has 2 aliphatic rings. The van der Waals surface area contributed by atoms with Gasteiger partial charge in [0.2, 0.25) is 0 Å². The Morgan fingerprint density at radius 2 is 1.90 bits per heavy atom. The van der Waals surface area contributed by atoms with Crippen molar-refractivity contribution in [1.82, 2.24) is 9.97 Å². The topological polar surface area (TPSA) is 80.1 Å². The van der Waals surface area contributed by atoms with Crippen molar-refractivity contribution in [3.8, 4) is 6.01 Å². The smallest absolute Gasteiger partial charge is 0.319 e. The fourth-order valence-electron chi connectivity index (χ4n) is 5.57. The van der Waals surface area contributed by atoms with Gasteiger partial charge in [-0.15, -0.1) is 0 Å². The summed E-state index contributed by atoms with van der Waals surface area (Å²) in [5, 5.41) is 11.0. The van der Waals surface area contributed by atoms with Crippen LogP contribution >= 0.6 is 15.9 Å². The molecular weight excluding hydrogens is 599 g/mol. The lowest BCUT2D eigenvalue weighted by molar-refractivity contribution is -0.0123. The van der Waals surface area contributed by atoms with Crippen molar-refractivity contribution in [2.45, 2.75) is 118 Å². The van der Waals surface area contributed by atoms with Crippen LogP contribution in [0.1, 0.15) is 118 Å². The Morgan fingerprint density at radius 1 is 1.19 bits per heavy atom. The number of aliphatic imine (C=N–C) groups is 1. The number of hydrogen-bond donors (Lipinski definition) is 1. The average molecular weight is 652 g/mol. The van der Waals surface area contributed by atoms with Crippen molar-refractivity contribution < 1.29 is 19.0 Å². The highest BCUT2D eigenvalue weighted by Gasteiger charge is 2.37. The molecule has 7 nitrogen and oxygen atoms in total. The van der Waals surface area contributed by atoms with Gasteiger partial charge in [-0.1, -0.05) is 72.3 Å². The molecule has 236 valence electrons. The Kier molecular flexibility index (Phi) is 13.0.